The van der Waals surface area contributed by atoms with Crippen LogP contribution < -0.4 is 10.5 Å². The minimum atomic E-state index is -1.64. The van der Waals surface area contributed by atoms with Gasteiger partial charge in [-0.1, -0.05) is 26.0 Å². The van der Waals surface area contributed by atoms with Crippen molar-refractivity contribution >= 4 is 11.8 Å². The Morgan fingerprint density at radius 2 is 2.12 bits per heavy atom. The van der Waals surface area contributed by atoms with Crippen LogP contribution in [0, 0.1) is 6.92 Å². The average Bonchev–Trinajstić information content (AvgIpc) is 2.52. The van der Waals surface area contributed by atoms with Crippen LogP contribution in [0.3, 0.4) is 0 Å². The highest BCUT2D eigenvalue weighted by Gasteiger charge is 2.40. The Hall–Kier alpha value is -2.08. The van der Waals surface area contributed by atoms with Gasteiger partial charge in [-0.25, -0.2) is 0 Å². The number of likely N-dealkylation sites (tertiary alicyclic amines) is 1. The van der Waals surface area contributed by atoms with Crippen LogP contribution in [0.25, 0.3) is 0 Å². The van der Waals surface area contributed by atoms with Gasteiger partial charge in [-0.2, -0.15) is 0 Å². The Kier molecular flexibility index (Phi) is 5.49. The fraction of sp³-hybridized carbons (Fsp3) is 0.556. The summed E-state index contributed by atoms with van der Waals surface area (Å²) in [5, 5.41) is 10.2. The van der Waals surface area contributed by atoms with Crippen LogP contribution in [0.5, 0.6) is 5.75 Å². The molecule has 24 heavy (non-hydrogen) atoms. The van der Waals surface area contributed by atoms with Crippen molar-refractivity contribution in [1.29, 1.82) is 0 Å². The molecule has 0 spiro atoms. The lowest BCUT2D eigenvalue weighted by atomic mass is 9.92. The van der Waals surface area contributed by atoms with Gasteiger partial charge in [-0.15, -0.1) is 0 Å². The maximum Gasteiger partial charge on any atom is 0.260 e. The number of nitrogens with zero attached hydrogens (tertiary/aromatic N) is 1. The van der Waals surface area contributed by atoms with Gasteiger partial charge in [0.25, 0.3) is 11.8 Å². The molecule has 0 aliphatic carbocycles. The number of piperidine rings is 1. The average molecular weight is 334 g/mol. The number of β-amino-alcohol motifs (C(OH)–C–C–N with tert-alkyl or cyclic N) is 1. The topological polar surface area (TPSA) is 92.9 Å². The number of primary amides is 1. The summed E-state index contributed by atoms with van der Waals surface area (Å²) in [4.78, 5) is 25.2. The number of hydrogen-bond donors (Lipinski definition) is 2. The molecule has 1 atom stereocenters. The van der Waals surface area contributed by atoms with Crippen LogP contribution in [-0.2, 0) is 9.59 Å². The van der Waals surface area contributed by atoms with E-state index in [4.69, 9.17) is 10.5 Å². The van der Waals surface area contributed by atoms with E-state index in [1.807, 2.05) is 25.1 Å². The van der Waals surface area contributed by atoms with Crippen LogP contribution in [0.2, 0.25) is 0 Å². The van der Waals surface area contributed by atoms with E-state index in [9.17, 15) is 14.7 Å². The lowest BCUT2D eigenvalue weighted by Crippen LogP contribution is -2.57. The normalized spacial score (nSPS) is 21.0. The van der Waals surface area contributed by atoms with Crippen LogP contribution >= 0.6 is 0 Å². The van der Waals surface area contributed by atoms with Gasteiger partial charge >= 0.3 is 0 Å². The number of rotatable bonds is 5. The molecule has 0 radical (unpaired) electrons. The van der Waals surface area contributed by atoms with Crippen molar-refractivity contribution in [3.63, 3.8) is 0 Å². The maximum atomic E-state index is 12.4. The van der Waals surface area contributed by atoms with Crippen molar-refractivity contribution < 1.29 is 19.4 Å². The number of carbonyl (C=O) groups is 2. The Labute approximate surface area is 142 Å². The second kappa shape index (κ2) is 7.21. The quantitative estimate of drug-likeness (QED) is 0.850. The molecular formula is C18H26N2O4. The summed E-state index contributed by atoms with van der Waals surface area (Å²) in [6, 6.07) is 5.94. The van der Waals surface area contributed by atoms with Crippen LogP contribution in [0.15, 0.2) is 18.2 Å². The molecule has 6 nitrogen and oxygen atoms in total. The van der Waals surface area contributed by atoms with Gasteiger partial charge in [0, 0.05) is 6.54 Å². The molecule has 6 heteroatoms. The van der Waals surface area contributed by atoms with Gasteiger partial charge < -0.3 is 20.5 Å². The molecule has 0 bridgehead atoms. The van der Waals surface area contributed by atoms with Gasteiger partial charge in [0.2, 0.25) is 0 Å². The van der Waals surface area contributed by atoms with E-state index >= 15 is 0 Å². The maximum absolute atomic E-state index is 12.4. The lowest BCUT2D eigenvalue weighted by molar-refractivity contribution is -0.150. The molecule has 1 aromatic carbocycles. The molecule has 1 aromatic rings. The number of carbonyl (C=O) groups excluding carboxylic acids is 2. The largest absolute Gasteiger partial charge is 0.483 e. The van der Waals surface area contributed by atoms with E-state index in [0.717, 1.165) is 11.1 Å². The van der Waals surface area contributed by atoms with Crippen molar-refractivity contribution in [1.82, 2.24) is 4.90 Å². The van der Waals surface area contributed by atoms with Crippen LogP contribution in [0.4, 0.5) is 0 Å². The van der Waals surface area contributed by atoms with E-state index in [-0.39, 0.29) is 31.4 Å². The molecule has 1 fully saturated rings. The number of aryl methyl sites for hydroxylation is 1. The third-order valence-electron chi connectivity index (χ3n) is 4.42. The molecule has 1 aliphatic heterocycles. The monoisotopic (exact) mass is 334 g/mol. The Bertz CT molecular complexity index is 629. The zero-order chi connectivity index (χ0) is 17.9. The highest BCUT2D eigenvalue weighted by molar-refractivity contribution is 5.85. The van der Waals surface area contributed by atoms with Gasteiger partial charge in [0.05, 0.1) is 6.54 Å². The minimum absolute atomic E-state index is 0.0740. The van der Waals surface area contributed by atoms with E-state index < -0.39 is 11.5 Å². The van der Waals surface area contributed by atoms with Crippen molar-refractivity contribution in [2.24, 2.45) is 5.73 Å². The summed E-state index contributed by atoms with van der Waals surface area (Å²) in [5.74, 6) is -0.0709. The minimum Gasteiger partial charge on any atom is -0.483 e. The molecule has 1 heterocycles. The van der Waals surface area contributed by atoms with E-state index in [0.29, 0.717) is 18.7 Å². The molecule has 2 amide bonds. The Morgan fingerprint density at radius 1 is 1.42 bits per heavy atom. The van der Waals surface area contributed by atoms with Crippen LogP contribution in [0.1, 0.15) is 43.7 Å². The zero-order valence-electron chi connectivity index (χ0n) is 14.5. The first kappa shape index (κ1) is 18.3. The molecule has 0 unspecified atom stereocenters. The summed E-state index contributed by atoms with van der Waals surface area (Å²) in [5.41, 5.74) is 5.70. The molecule has 0 saturated carbocycles. The summed E-state index contributed by atoms with van der Waals surface area (Å²) in [6.45, 7) is 6.39. The third-order valence-corrected chi connectivity index (χ3v) is 4.42. The highest BCUT2D eigenvalue weighted by atomic mass is 16.5. The fourth-order valence-corrected chi connectivity index (χ4v) is 2.92. The number of ether oxygens (including phenoxy) is 1. The van der Waals surface area contributed by atoms with Gasteiger partial charge in [-0.05, 0) is 42.9 Å². The molecule has 1 aliphatic rings. The zero-order valence-corrected chi connectivity index (χ0v) is 14.5. The fourth-order valence-electron chi connectivity index (χ4n) is 2.92. The summed E-state index contributed by atoms with van der Waals surface area (Å²) in [6.07, 6.45) is 0.815. The first-order valence-electron chi connectivity index (χ1n) is 8.26. The number of aliphatic hydroxyl groups is 1. The Morgan fingerprint density at radius 3 is 2.75 bits per heavy atom. The highest BCUT2D eigenvalue weighted by Crippen LogP contribution is 2.28. The lowest BCUT2D eigenvalue weighted by Gasteiger charge is -2.37. The first-order valence-corrected chi connectivity index (χ1v) is 8.26. The van der Waals surface area contributed by atoms with Crippen molar-refractivity contribution in [3.05, 3.63) is 29.3 Å². The molecule has 0 aromatic heterocycles. The summed E-state index contributed by atoms with van der Waals surface area (Å²) >= 11 is 0. The number of hydrogen-bond acceptors (Lipinski definition) is 4. The summed E-state index contributed by atoms with van der Waals surface area (Å²) < 4.78 is 5.73. The van der Waals surface area contributed by atoms with Crippen molar-refractivity contribution in [2.45, 2.75) is 45.1 Å². The standard InChI is InChI=1S/C18H26N2O4/c1-12(2)14-6-5-13(3)9-15(14)24-10-16(21)20-8-4-7-18(23,11-20)17(19)22/h5-6,9,12,23H,4,7-8,10-11H2,1-3H3,(H2,19,22)/t18-/m0/s1. The molecular weight excluding hydrogens is 308 g/mol. The summed E-state index contributed by atoms with van der Waals surface area (Å²) in [7, 11) is 0. The molecule has 1 saturated heterocycles. The first-order chi connectivity index (χ1) is 11.2. The van der Waals surface area contributed by atoms with Crippen LogP contribution in [-0.4, -0.2) is 47.1 Å². The number of benzene rings is 1. The van der Waals surface area contributed by atoms with Crippen molar-refractivity contribution in [2.75, 3.05) is 19.7 Å². The van der Waals surface area contributed by atoms with Gasteiger partial charge in [0.15, 0.2) is 12.2 Å². The van der Waals surface area contributed by atoms with Gasteiger partial charge in [0.1, 0.15) is 5.75 Å². The molecule has 132 valence electrons. The predicted octanol–water partition coefficient (Wildman–Crippen LogP) is 1.34. The van der Waals surface area contributed by atoms with E-state index in [1.165, 1.54) is 4.90 Å². The van der Waals surface area contributed by atoms with E-state index in [1.54, 1.807) is 0 Å². The third kappa shape index (κ3) is 4.06. The number of amides is 2. The molecule has 3 N–H and O–H groups in total. The second-order valence-corrected chi connectivity index (χ2v) is 6.80. The molecule has 2 rings (SSSR count). The SMILES string of the molecule is Cc1ccc(C(C)C)c(OCC(=O)N2CCC[C@@](O)(C(N)=O)C2)c1. The Balaban J connectivity index is 2.03. The van der Waals surface area contributed by atoms with E-state index in [2.05, 4.69) is 13.8 Å². The second-order valence-electron chi connectivity index (χ2n) is 6.80. The van der Waals surface area contributed by atoms with Crippen molar-refractivity contribution in [3.8, 4) is 5.75 Å². The predicted molar refractivity (Wildman–Crippen MR) is 90.7 cm³/mol. The smallest absolute Gasteiger partial charge is 0.260 e. The number of nitrogens with two attached hydrogens (primary N) is 1. The van der Waals surface area contributed by atoms with Gasteiger partial charge in [-0.3, -0.25) is 9.59 Å².